The van der Waals surface area contributed by atoms with Crippen molar-refractivity contribution in [2.75, 3.05) is 10.8 Å². The molecule has 0 radical (unpaired) electrons. The Morgan fingerprint density at radius 1 is 0.771 bits per heavy atom. The number of halogens is 6. The molecule has 0 amide bonds. The predicted molar refractivity (Wildman–Crippen MR) is 117 cm³/mol. The van der Waals surface area contributed by atoms with Gasteiger partial charge in [-0.25, -0.2) is 8.42 Å². The second-order valence-corrected chi connectivity index (χ2v) is 9.17. The minimum absolute atomic E-state index is 0.0361. The van der Waals surface area contributed by atoms with Gasteiger partial charge in [0.15, 0.2) is 0 Å². The lowest BCUT2D eigenvalue weighted by Crippen LogP contribution is -2.41. The van der Waals surface area contributed by atoms with E-state index in [9.17, 15) is 39.9 Å². The standard InChI is InChI=1S/C24H17F6NO3S/c25-23(26,27)17-31(35(33,34)21-9-5-2-6-10-21)20-13-11-19(12-14-20)22(32,24(28,29)30)16-15-18-7-3-1-4-8-18/h1-14,32H,17H2. The van der Waals surface area contributed by atoms with Crippen molar-refractivity contribution in [1.29, 1.82) is 0 Å². The zero-order valence-corrected chi connectivity index (χ0v) is 18.5. The van der Waals surface area contributed by atoms with Crippen LogP contribution in [0.2, 0.25) is 0 Å². The summed E-state index contributed by atoms with van der Waals surface area (Å²) < 4.78 is 107. The third-order valence-electron chi connectivity index (χ3n) is 4.80. The number of anilines is 1. The van der Waals surface area contributed by atoms with E-state index < -0.39 is 50.7 Å². The van der Waals surface area contributed by atoms with Crippen molar-refractivity contribution < 1.29 is 39.9 Å². The molecule has 1 atom stereocenters. The highest BCUT2D eigenvalue weighted by Crippen LogP contribution is 2.39. The van der Waals surface area contributed by atoms with Crippen molar-refractivity contribution in [3.8, 4) is 11.8 Å². The molecule has 0 aliphatic rings. The monoisotopic (exact) mass is 513 g/mol. The molecule has 0 aliphatic heterocycles. The van der Waals surface area contributed by atoms with Gasteiger partial charge in [-0.05, 0) is 42.3 Å². The third kappa shape index (κ3) is 5.96. The summed E-state index contributed by atoms with van der Waals surface area (Å²) in [4.78, 5) is -0.436. The van der Waals surface area contributed by atoms with Gasteiger partial charge in [-0.3, -0.25) is 4.31 Å². The van der Waals surface area contributed by atoms with Crippen molar-refractivity contribution in [3.63, 3.8) is 0 Å². The Morgan fingerprint density at radius 2 is 1.29 bits per heavy atom. The summed E-state index contributed by atoms with van der Waals surface area (Å²) in [5.41, 5.74) is -4.80. The average molecular weight is 513 g/mol. The van der Waals surface area contributed by atoms with Crippen LogP contribution in [0.4, 0.5) is 32.0 Å². The molecule has 3 aromatic rings. The lowest BCUT2D eigenvalue weighted by Gasteiger charge is -2.28. The Morgan fingerprint density at radius 3 is 1.77 bits per heavy atom. The fourth-order valence-corrected chi connectivity index (χ4v) is 4.53. The molecule has 3 rings (SSSR count). The van der Waals surface area contributed by atoms with Crippen molar-refractivity contribution in [1.82, 2.24) is 0 Å². The molecule has 0 spiro atoms. The summed E-state index contributed by atoms with van der Waals surface area (Å²) in [6.45, 7) is -1.92. The van der Waals surface area contributed by atoms with Gasteiger partial charge in [0.25, 0.3) is 10.0 Å². The normalized spacial score (nSPS) is 13.9. The van der Waals surface area contributed by atoms with Crippen molar-refractivity contribution in [2.45, 2.75) is 22.8 Å². The van der Waals surface area contributed by atoms with Crippen LogP contribution in [0, 0.1) is 11.8 Å². The first-order valence-corrected chi connectivity index (χ1v) is 11.3. The maximum atomic E-state index is 13.8. The summed E-state index contributed by atoms with van der Waals surface area (Å²) in [6.07, 6.45) is -10.2. The van der Waals surface area contributed by atoms with Gasteiger partial charge in [-0.2, -0.15) is 26.3 Å². The highest BCUT2D eigenvalue weighted by molar-refractivity contribution is 7.92. The molecule has 1 unspecified atom stereocenters. The third-order valence-corrected chi connectivity index (χ3v) is 6.59. The molecule has 0 bridgehead atoms. The molecule has 0 heterocycles. The smallest absolute Gasteiger partial charge is 0.366 e. The van der Waals surface area contributed by atoms with Crippen molar-refractivity contribution in [3.05, 3.63) is 96.1 Å². The molecule has 0 saturated heterocycles. The second-order valence-electron chi connectivity index (χ2n) is 7.31. The average Bonchev–Trinajstić information content (AvgIpc) is 2.81. The maximum absolute atomic E-state index is 13.8. The molecule has 0 aliphatic carbocycles. The summed E-state index contributed by atoms with van der Waals surface area (Å²) in [6, 6.07) is 16.7. The Bertz CT molecular complexity index is 1310. The van der Waals surface area contributed by atoms with Crippen LogP contribution in [0.5, 0.6) is 0 Å². The summed E-state index contributed by atoms with van der Waals surface area (Å²) in [7, 11) is -4.71. The van der Waals surface area contributed by atoms with Gasteiger partial charge >= 0.3 is 12.4 Å². The topological polar surface area (TPSA) is 57.6 Å². The molecule has 0 fully saturated rings. The van der Waals surface area contributed by atoms with Crippen LogP contribution in [-0.2, 0) is 15.6 Å². The van der Waals surface area contributed by atoms with E-state index in [2.05, 4.69) is 5.92 Å². The van der Waals surface area contributed by atoms with E-state index in [-0.39, 0.29) is 9.87 Å². The Hall–Kier alpha value is -3.49. The van der Waals surface area contributed by atoms with Gasteiger partial charge in [-0.15, -0.1) is 0 Å². The van der Waals surface area contributed by atoms with Gasteiger partial charge in [-0.1, -0.05) is 54.5 Å². The first kappa shape index (κ1) is 26.1. The van der Waals surface area contributed by atoms with E-state index in [1.165, 1.54) is 42.5 Å². The highest BCUT2D eigenvalue weighted by atomic mass is 32.2. The number of rotatable bonds is 5. The van der Waals surface area contributed by atoms with Crippen LogP contribution in [0.15, 0.2) is 89.8 Å². The van der Waals surface area contributed by atoms with Crippen LogP contribution >= 0.6 is 0 Å². The molecule has 3 aromatic carbocycles. The molecule has 35 heavy (non-hydrogen) atoms. The predicted octanol–water partition coefficient (Wildman–Crippen LogP) is 5.25. The molecule has 1 N–H and O–H groups in total. The Labute approximate surface area is 197 Å². The van der Waals surface area contributed by atoms with Crippen LogP contribution in [0.1, 0.15) is 11.1 Å². The molecule has 0 saturated carbocycles. The van der Waals surface area contributed by atoms with Gasteiger partial charge < -0.3 is 5.11 Å². The number of hydrogen-bond acceptors (Lipinski definition) is 3. The first-order valence-electron chi connectivity index (χ1n) is 9.86. The van der Waals surface area contributed by atoms with Gasteiger partial charge in [0.2, 0.25) is 5.60 Å². The first-order chi connectivity index (χ1) is 16.2. The lowest BCUT2D eigenvalue weighted by molar-refractivity contribution is -0.240. The Kier molecular flexibility index (Phi) is 7.19. The highest BCUT2D eigenvalue weighted by Gasteiger charge is 2.54. The number of nitrogens with zero attached hydrogens (tertiary/aromatic N) is 1. The van der Waals surface area contributed by atoms with E-state index in [1.807, 2.05) is 0 Å². The van der Waals surface area contributed by atoms with Crippen molar-refractivity contribution >= 4 is 15.7 Å². The van der Waals surface area contributed by atoms with Crippen molar-refractivity contribution in [2.24, 2.45) is 0 Å². The number of hydrogen-bond donors (Lipinski definition) is 1. The fourth-order valence-electron chi connectivity index (χ4n) is 3.06. The number of benzene rings is 3. The summed E-state index contributed by atoms with van der Waals surface area (Å²) in [5, 5.41) is 10.4. The van der Waals surface area contributed by atoms with Gasteiger partial charge in [0.05, 0.1) is 10.6 Å². The molecule has 184 valence electrons. The minimum atomic E-state index is -5.27. The van der Waals surface area contributed by atoms with Crippen LogP contribution in [0.25, 0.3) is 0 Å². The van der Waals surface area contributed by atoms with E-state index in [0.717, 1.165) is 24.3 Å². The molecular formula is C24H17F6NO3S. The second kappa shape index (κ2) is 9.64. The van der Waals surface area contributed by atoms with Gasteiger partial charge in [0, 0.05) is 11.1 Å². The molecular weight excluding hydrogens is 496 g/mol. The quantitative estimate of drug-likeness (QED) is 0.375. The van der Waals surface area contributed by atoms with E-state index in [4.69, 9.17) is 0 Å². The fraction of sp³-hybridized carbons (Fsp3) is 0.167. The summed E-state index contributed by atoms with van der Waals surface area (Å²) >= 11 is 0. The van der Waals surface area contributed by atoms with E-state index >= 15 is 0 Å². The Balaban J connectivity index is 2.06. The maximum Gasteiger partial charge on any atom is 0.433 e. The van der Waals surface area contributed by atoms with Crippen LogP contribution in [0.3, 0.4) is 0 Å². The number of sulfonamides is 1. The number of alkyl halides is 6. The largest absolute Gasteiger partial charge is 0.433 e. The molecule has 11 heteroatoms. The lowest BCUT2D eigenvalue weighted by atomic mass is 9.93. The number of aliphatic hydroxyl groups is 1. The van der Waals surface area contributed by atoms with Gasteiger partial charge in [0.1, 0.15) is 6.54 Å². The van der Waals surface area contributed by atoms with Crippen LogP contribution in [-0.4, -0.2) is 32.4 Å². The van der Waals surface area contributed by atoms with E-state index in [0.29, 0.717) is 12.1 Å². The van der Waals surface area contributed by atoms with Crippen LogP contribution < -0.4 is 4.31 Å². The minimum Gasteiger partial charge on any atom is -0.366 e. The summed E-state index contributed by atoms with van der Waals surface area (Å²) in [5.74, 6) is 4.01. The molecule has 4 nitrogen and oxygen atoms in total. The zero-order chi connectivity index (χ0) is 25.9. The molecule has 0 aromatic heterocycles. The SMILES string of the molecule is O=S(=O)(c1ccccc1)N(CC(F)(F)F)c1ccc(C(O)(C#Cc2ccccc2)C(F)(F)F)cc1. The van der Waals surface area contributed by atoms with E-state index in [1.54, 1.807) is 12.0 Å². The zero-order valence-electron chi connectivity index (χ0n) is 17.7.